The van der Waals surface area contributed by atoms with Gasteiger partial charge in [-0.05, 0) is 33.6 Å². The molecule has 21 heavy (non-hydrogen) atoms. The molecule has 0 fully saturated rings. The first kappa shape index (κ1) is 13.8. The quantitative estimate of drug-likeness (QED) is 0.713. The average molecular weight is 339 g/mol. The first-order valence-electron chi connectivity index (χ1n) is 6.83. The van der Waals surface area contributed by atoms with Crippen molar-refractivity contribution >= 4 is 38.6 Å². The van der Waals surface area contributed by atoms with E-state index >= 15 is 0 Å². The Hall–Kier alpha value is -2.13. The molecular weight excluding hydrogens is 324 g/mol. The SMILES string of the molecule is Brc1cnc2c(NC/C=C/c3ccccc3)cccc2c1. The number of pyridine rings is 1. The number of aromatic nitrogens is 1. The summed E-state index contributed by atoms with van der Waals surface area (Å²) < 4.78 is 0.996. The summed E-state index contributed by atoms with van der Waals surface area (Å²) in [5.74, 6) is 0. The number of hydrogen-bond donors (Lipinski definition) is 1. The van der Waals surface area contributed by atoms with Gasteiger partial charge in [-0.2, -0.15) is 0 Å². The summed E-state index contributed by atoms with van der Waals surface area (Å²) in [7, 11) is 0. The van der Waals surface area contributed by atoms with Crippen LogP contribution in [0.2, 0.25) is 0 Å². The molecule has 1 heterocycles. The van der Waals surface area contributed by atoms with Gasteiger partial charge in [0.15, 0.2) is 0 Å². The number of hydrogen-bond acceptors (Lipinski definition) is 2. The Morgan fingerprint density at radius 2 is 1.90 bits per heavy atom. The molecule has 104 valence electrons. The lowest BCUT2D eigenvalue weighted by Crippen LogP contribution is -1.99. The van der Waals surface area contributed by atoms with E-state index in [4.69, 9.17) is 0 Å². The summed E-state index contributed by atoms with van der Waals surface area (Å²) in [5, 5.41) is 4.54. The Kier molecular flexibility index (Phi) is 4.31. The minimum atomic E-state index is 0.770. The largest absolute Gasteiger partial charge is 0.380 e. The molecule has 0 spiro atoms. The molecule has 0 atom stereocenters. The fraction of sp³-hybridized carbons (Fsp3) is 0.0556. The molecule has 0 aliphatic rings. The minimum Gasteiger partial charge on any atom is -0.380 e. The minimum absolute atomic E-state index is 0.770. The monoisotopic (exact) mass is 338 g/mol. The number of anilines is 1. The van der Waals surface area contributed by atoms with Crippen molar-refractivity contribution in [2.75, 3.05) is 11.9 Å². The van der Waals surface area contributed by atoms with Gasteiger partial charge in [0, 0.05) is 22.6 Å². The van der Waals surface area contributed by atoms with Gasteiger partial charge in [0.05, 0.1) is 11.2 Å². The second-order valence-corrected chi connectivity index (χ2v) is 5.64. The molecule has 0 saturated carbocycles. The van der Waals surface area contributed by atoms with Gasteiger partial charge in [0.1, 0.15) is 0 Å². The highest BCUT2D eigenvalue weighted by molar-refractivity contribution is 9.10. The van der Waals surface area contributed by atoms with Crippen LogP contribution >= 0.6 is 15.9 Å². The number of rotatable bonds is 4. The van der Waals surface area contributed by atoms with Crippen molar-refractivity contribution in [1.82, 2.24) is 4.98 Å². The van der Waals surface area contributed by atoms with Crippen molar-refractivity contribution in [3.05, 3.63) is 76.9 Å². The van der Waals surface area contributed by atoms with Crippen molar-refractivity contribution in [1.29, 1.82) is 0 Å². The molecule has 0 aliphatic heterocycles. The highest BCUT2D eigenvalue weighted by atomic mass is 79.9. The zero-order chi connectivity index (χ0) is 14.5. The third kappa shape index (κ3) is 3.50. The van der Waals surface area contributed by atoms with Crippen molar-refractivity contribution in [2.24, 2.45) is 0 Å². The van der Waals surface area contributed by atoms with Gasteiger partial charge in [-0.15, -0.1) is 0 Å². The molecule has 0 amide bonds. The molecule has 0 saturated heterocycles. The lowest BCUT2D eigenvalue weighted by molar-refractivity contribution is 1.32. The van der Waals surface area contributed by atoms with E-state index in [1.807, 2.05) is 30.5 Å². The summed E-state index contributed by atoms with van der Waals surface area (Å²) in [6.45, 7) is 0.770. The fourth-order valence-electron chi connectivity index (χ4n) is 2.20. The normalized spacial score (nSPS) is 11.1. The van der Waals surface area contributed by atoms with Gasteiger partial charge in [-0.3, -0.25) is 4.98 Å². The number of halogens is 1. The average Bonchev–Trinajstić information content (AvgIpc) is 2.52. The van der Waals surface area contributed by atoms with Crippen LogP contribution in [-0.2, 0) is 0 Å². The van der Waals surface area contributed by atoms with E-state index < -0.39 is 0 Å². The van der Waals surface area contributed by atoms with Crippen LogP contribution in [0.25, 0.3) is 17.0 Å². The van der Waals surface area contributed by atoms with Crippen LogP contribution in [0.15, 0.2) is 71.3 Å². The van der Waals surface area contributed by atoms with E-state index in [0.717, 1.165) is 27.6 Å². The molecule has 2 nitrogen and oxygen atoms in total. The Labute approximate surface area is 132 Å². The third-order valence-corrected chi connectivity index (χ3v) is 3.63. The molecule has 1 N–H and O–H groups in total. The summed E-state index contributed by atoms with van der Waals surface area (Å²) in [6.07, 6.45) is 6.06. The lowest BCUT2D eigenvalue weighted by atomic mass is 10.2. The summed E-state index contributed by atoms with van der Waals surface area (Å²) >= 11 is 3.45. The van der Waals surface area contributed by atoms with Crippen molar-refractivity contribution in [2.45, 2.75) is 0 Å². The van der Waals surface area contributed by atoms with E-state index in [1.54, 1.807) is 0 Å². The second-order valence-electron chi connectivity index (χ2n) is 4.72. The van der Waals surface area contributed by atoms with Crippen molar-refractivity contribution in [3.63, 3.8) is 0 Å². The smallest absolute Gasteiger partial charge is 0.0934 e. The molecular formula is C18H15BrN2. The number of nitrogens with zero attached hydrogens (tertiary/aromatic N) is 1. The van der Waals surface area contributed by atoms with Gasteiger partial charge in [0.2, 0.25) is 0 Å². The highest BCUT2D eigenvalue weighted by Crippen LogP contribution is 2.23. The molecule has 3 rings (SSSR count). The first-order chi connectivity index (χ1) is 10.3. The Morgan fingerprint density at radius 3 is 2.76 bits per heavy atom. The summed E-state index contributed by atoms with van der Waals surface area (Å²) in [4.78, 5) is 4.48. The van der Waals surface area contributed by atoms with Crippen LogP contribution in [-0.4, -0.2) is 11.5 Å². The van der Waals surface area contributed by atoms with Crippen LogP contribution in [0, 0.1) is 0 Å². The third-order valence-electron chi connectivity index (χ3n) is 3.20. The van der Waals surface area contributed by atoms with Crippen LogP contribution in [0.4, 0.5) is 5.69 Å². The van der Waals surface area contributed by atoms with E-state index in [0.29, 0.717) is 0 Å². The number of fused-ring (bicyclic) bond motifs is 1. The van der Waals surface area contributed by atoms with Crippen LogP contribution < -0.4 is 5.32 Å². The fourth-order valence-corrected chi connectivity index (χ4v) is 2.55. The van der Waals surface area contributed by atoms with Gasteiger partial charge < -0.3 is 5.32 Å². The number of nitrogens with one attached hydrogen (secondary N) is 1. The topological polar surface area (TPSA) is 24.9 Å². The van der Waals surface area contributed by atoms with E-state index in [1.165, 1.54) is 5.56 Å². The van der Waals surface area contributed by atoms with Gasteiger partial charge >= 0.3 is 0 Å². The Bertz CT molecular complexity index is 767. The van der Waals surface area contributed by atoms with E-state index in [-0.39, 0.29) is 0 Å². The Balaban J connectivity index is 1.72. The molecule has 0 radical (unpaired) electrons. The predicted octanol–water partition coefficient (Wildman–Crippen LogP) is 5.12. The lowest BCUT2D eigenvalue weighted by Gasteiger charge is -2.07. The molecule has 0 aliphatic carbocycles. The standard InChI is InChI=1S/C18H15BrN2/c19-16-12-15-9-4-10-17(18(15)21-13-16)20-11-5-8-14-6-2-1-3-7-14/h1-10,12-13,20H,11H2/b8-5+. The van der Waals surface area contributed by atoms with Crippen LogP contribution in [0.5, 0.6) is 0 Å². The molecule has 1 aromatic heterocycles. The Morgan fingerprint density at radius 1 is 1.05 bits per heavy atom. The molecule has 0 unspecified atom stereocenters. The first-order valence-corrected chi connectivity index (χ1v) is 7.62. The highest BCUT2D eigenvalue weighted by Gasteiger charge is 2.01. The maximum atomic E-state index is 4.48. The molecule has 3 aromatic rings. The number of para-hydroxylation sites is 1. The van der Waals surface area contributed by atoms with Gasteiger partial charge in [0.25, 0.3) is 0 Å². The molecule has 3 heteroatoms. The van der Waals surface area contributed by atoms with Gasteiger partial charge in [-0.1, -0.05) is 54.6 Å². The van der Waals surface area contributed by atoms with Crippen LogP contribution in [0.3, 0.4) is 0 Å². The maximum Gasteiger partial charge on any atom is 0.0934 e. The van der Waals surface area contributed by atoms with Crippen LogP contribution in [0.1, 0.15) is 5.56 Å². The predicted molar refractivity (Wildman–Crippen MR) is 93.4 cm³/mol. The van der Waals surface area contributed by atoms with E-state index in [2.05, 4.69) is 68.7 Å². The van der Waals surface area contributed by atoms with Crippen molar-refractivity contribution < 1.29 is 0 Å². The number of benzene rings is 2. The van der Waals surface area contributed by atoms with Gasteiger partial charge in [-0.25, -0.2) is 0 Å². The van der Waals surface area contributed by atoms with Crippen molar-refractivity contribution in [3.8, 4) is 0 Å². The molecule has 0 bridgehead atoms. The zero-order valence-electron chi connectivity index (χ0n) is 11.5. The summed E-state index contributed by atoms with van der Waals surface area (Å²) in [5.41, 5.74) is 3.26. The summed E-state index contributed by atoms with van der Waals surface area (Å²) in [6, 6.07) is 18.5. The zero-order valence-corrected chi connectivity index (χ0v) is 13.0. The van der Waals surface area contributed by atoms with E-state index in [9.17, 15) is 0 Å². The second kappa shape index (κ2) is 6.55. The maximum absolute atomic E-state index is 4.48. The molecule has 2 aromatic carbocycles.